The maximum atomic E-state index is 12.4. The minimum absolute atomic E-state index is 0. The third-order valence-electron chi connectivity index (χ3n) is 4.52. The van der Waals surface area contributed by atoms with E-state index in [4.69, 9.17) is 4.42 Å². The molecule has 3 heterocycles. The van der Waals surface area contributed by atoms with Crippen molar-refractivity contribution in [3.05, 3.63) is 35.6 Å². The number of nitrogens with one attached hydrogen (secondary N) is 2. The average molecular weight is 307 g/mol. The third kappa shape index (κ3) is 2.54. The zero-order chi connectivity index (χ0) is 13.7. The van der Waals surface area contributed by atoms with E-state index in [0.717, 1.165) is 23.2 Å². The van der Waals surface area contributed by atoms with Gasteiger partial charge in [-0.1, -0.05) is 0 Å². The van der Waals surface area contributed by atoms with Gasteiger partial charge in [-0.15, -0.1) is 12.4 Å². The zero-order valence-electron chi connectivity index (χ0n) is 11.9. The van der Waals surface area contributed by atoms with Crippen LogP contribution in [0.5, 0.6) is 0 Å². The van der Waals surface area contributed by atoms with Gasteiger partial charge in [0.1, 0.15) is 11.3 Å². The Balaban J connectivity index is 0.00000132. The first-order chi connectivity index (χ1) is 9.69. The Labute approximate surface area is 129 Å². The molecule has 2 bridgehead atoms. The number of halogens is 1. The lowest BCUT2D eigenvalue weighted by molar-refractivity contribution is 0.0931. The standard InChI is InChI=1S/C16H18N2O2.ClH/c1-9-6-11-7-10(2-5-15(11)20-9)16(19)18-14-8-12-3-4-13(14)17-12;/h2,5-7,12-14,17H,3-4,8H2,1H3,(H,18,19);1H/t12?,13?,14-;/m1./s1. The highest BCUT2D eigenvalue weighted by Crippen LogP contribution is 2.28. The summed E-state index contributed by atoms with van der Waals surface area (Å²) in [6, 6.07) is 8.92. The number of hydrogen-bond donors (Lipinski definition) is 2. The second-order valence-electron chi connectivity index (χ2n) is 5.97. The summed E-state index contributed by atoms with van der Waals surface area (Å²) in [6.07, 6.45) is 3.48. The fourth-order valence-corrected chi connectivity index (χ4v) is 3.55. The Kier molecular flexibility index (Phi) is 3.68. The van der Waals surface area contributed by atoms with E-state index in [2.05, 4.69) is 10.6 Å². The van der Waals surface area contributed by atoms with Crippen molar-refractivity contribution in [3.63, 3.8) is 0 Å². The first-order valence-corrected chi connectivity index (χ1v) is 7.26. The van der Waals surface area contributed by atoms with E-state index in [-0.39, 0.29) is 24.4 Å². The zero-order valence-corrected chi connectivity index (χ0v) is 12.7. The van der Waals surface area contributed by atoms with E-state index in [1.165, 1.54) is 12.8 Å². The number of rotatable bonds is 2. The lowest BCUT2D eigenvalue weighted by Crippen LogP contribution is -2.42. The van der Waals surface area contributed by atoms with Crippen LogP contribution < -0.4 is 10.6 Å². The van der Waals surface area contributed by atoms with Crippen LogP contribution in [0.2, 0.25) is 0 Å². The summed E-state index contributed by atoms with van der Waals surface area (Å²) in [6.45, 7) is 1.92. The van der Waals surface area contributed by atoms with Gasteiger partial charge in [0.15, 0.2) is 0 Å². The van der Waals surface area contributed by atoms with Crippen LogP contribution in [0.3, 0.4) is 0 Å². The molecule has 0 saturated carbocycles. The average Bonchev–Trinajstić information content (AvgIpc) is 3.10. The number of amides is 1. The second kappa shape index (κ2) is 5.35. The Bertz CT molecular complexity index is 682. The van der Waals surface area contributed by atoms with Crippen molar-refractivity contribution in [2.45, 2.75) is 44.3 Å². The summed E-state index contributed by atoms with van der Waals surface area (Å²) in [5.74, 6) is 0.889. The van der Waals surface area contributed by atoms with E-state index in [9.17, 15) is 4.79 Å². The van der Waals surface area contributed by atoms with Gasteiger partial charge in [-0.25, -0.2) is 0 Å². The lowest BCUT2D eigenvalue weighted by atomic mass is 9.95. The molecule has 2 aliphatic heterocycles. The van der Waals surface area contributed by atoms with Gasteiger partial charge in [0.05, 0.1) is 0 Å². The molecule has 5 heteroatoms. The van der Waals surface area contributed by atoms with Gasteiger partial charge in [0, 0.05) is 29.1 Å². The Morgan fingerprint density at radius 3 is 2.90 bits per heavy atom. The van der Waals surface area contributed by atoms with Crippen LogP contribution in [-0.2, 0) is 0 Å². The minimum Gasteiger partial charge on any atom is -0.461 e. The topological polar surface area (TPSA) is 54.3 Å². The van der Waals surface area contributed by atoms with Crippen molar-refractivity contribution in [1.82, 2.24) is 10.6 Å². The minimum atomic E-state index is 0. The highest BCUT2D eigenvalue weighted by atomic mass is 35.5. The number of furan rings is 1. The summed E-state index contributed by atoms with van der Waals surface area (Å²) in [7, 11) is 0. The van der Waals surface area contributed by atoms with Crippen molar-refractivity contribution >= 4 is 29.3 Å². The summed E-state index contributed by atoms with van der Waals surface area (Å²) >= 11 is 0. The molecule has 2 unspecified atom stereocenters. The fraction of sp³-hybridized carbons (Fsp3) is 0.438. The normalized spacial score (nSPS) is 26.8. The molecular weight excluding hydrogens is 288 g/mol. The van der Waals surface area contributed by atoms with Crippen LogP contribution in [0.15, 0.2) is 28.7 Å². The van der Waals surface area contributed by atoms with Gasteiger partial charge in [-0.05, 0) is 50.5 Å². The molecule has 2 aromatic rings. The molecule has 1 aromatic heterocycles. The Hall–Kier alpha value is -1.52. The Morgan fingerprint density at radius 2 is 2.19 bits per heavy atom. The van der Waals surface area contributed by atoms with E-state index in [1.54, 1.807) is 0 Å². The molecule has 0 radical (unpaired) electrons. The van der Waals surface area contributed by atoms with Crippen LogP contribution >= 0.6 is 12.4 Å². The highest BCUT2D eigenvalue weighted by Gasteiger charge is 2.39. The molecule has 1 amide bonds. The van der Waals surface area contributed by atoms with Gasteiger partial charge in [-0.2, -0.15) is 0 Å². The number of carbonyl (C=O) groups is 1. The molecule has 4 nitrogen and oxygen atoms in total. The van der Waals surface area contributed by atoms with Crippen LogP contribution in [0, 0.1) is 6.92 Å². The first-order valence-electron chi connectivity index (χ1n) is 7.26. The van der Waals surface area contributed by atoms with E-state index in [1.807, 2.05) is 31.2 Å². The molecule has 21 heavy (non-hydrogen) atoms. The number of carbonyl (C=O) groups excluding carboxylic acids is 1. The van der Waals surface area contributed by atoms with Gasteiger partial charge >= 0.3 is 0 Å². The summed E-state index contributed by atoms with van der Waals surface area (Å²) in [5.41, 5.74) is 1.54. The number of benzene rings is 1. The smallest absolute Gasteiger partial charge is 0.251 e. The summed E-state index contributed by atoms with van der Waals surface area (Å²) in [4.78, 5) is 12.4. The molecule has 4 rings (SSSR count). The van der Waals surface area contributed by atoms with Crippen molar-refractivity contribution in [2.24, 2.45) is 0 Å². The molecule has 112 valence electrons. The molecule has 0 spiro atoms. The predicted octanol–water partition coefficient (Wildman–Crippen LogP) is 2.79. The molecular formula is C16H19ClN2O2. The van der Waals surface area contributed by atoms with Crippen LogP contribution in [-0.4, -0.2) is 24.0 Å². The predicted molar refractivity (Wildman–Crippen MR) is 84.0 cm³/mol. The van der Waals surface area contributed by atoms with Gasteiger partial charge < -0.3 is 15.1 Å². The van der Waals surface area contributed by atoms with Crippen molar-refractivity contribution in [3.8, 4) is 0 Å². The third-order valence-corrected chi connectivity index (χ3v) is 4.52. The Morgan fingerprint density at radius 1 is 1.33 bits per heavy atom. The first kappa shape index (κ1) is 14.4. The van der Waals surface area contributed by atoms with Crippen molar-refractivity contribution < 1.29 is 9.21 Å². The van der Waals surface area contributed by atoms with Gasteiger partial charge in [0.2, 0.25) is 0 Å². The monoisotopic (exact) mass is 306 g/mol. The van der Waals surface area contributed by atoms with E-state index >= 15 is 0 Å². The van der Waals surface area contributed by atoms with Gasteiger partial charge in [0.25, 0.3) is 5.91 Å². The van der Waals surface area contributed by atoms with Crippen molar-refractivity contribution in [2.75, 3.05) is 0 Å². The maximum absolute atomic E-state index is 12.4. The van der Waals surface area contributed by atoms with E-state index in [0.29, 0.717) is 17.6 Å². The summed E-state index contributed by atoms with van der Waals surface area (Å²) in [5, 5.41) is 7.69. The second-order valence-corrected chi connectivity index (χ2v) is 5.97. The largest absolute Gasteiger partial charge is 0.461 e. The molecule has 0 aliphatic carbocycles. The van der Waals surface area contributed by atoms with Crippen LogP contribution in [0.25, 0.3) is 11.0 Å². The van der Waals surface area contributed by atoms with Crippen LogP contribution in [0.1, 0.15) is 35.4 Å². The summed E-state index contributed by atoms with van der Waals surface area (Å²) < 4.78 is 5.53. The fourth-order valence-electron chi connectivity index (χ4n) is 3.55. The van der Waals surface area contributed by atoms with E-state index < -0.39 is 0 Å². The van der Waals surface area contributed by atoms with Gasteiger partial charge in [-0.3, -0.25) is 4.79 Å². The number of hydrogen-bond acceptors (Lipinski definition) is 3. The molecule has 1 aromatic carbocycles. The number of fused-ring (bicyclic) bond motifs is 3. The maximum Gasteiger partial charge on any atom is 0.251 e. The molecule has 2 N–H and O–H groups in total. The molecule has 3 atom stereocenters. The quantitative estimate of drug-likeness (QED) is 0.897. The molecule has 2 saturated heterocycles. The van der Waals surface area contributed by atoms with Crippen molar-refractivity contribution in [1.29, 1.82) is 0 Å². The SMILES string of the molecule is Cc1cc2cc(C(=O)N[C@@H]3CC4CCC3N4)ccc2o1.Cl. The molecule has 2 fully saturated rings. The van der Waals surface area contributed by atoms with Crippen LogP contribution in [0.4, 0.5) is 0 Å². The molecule has 2 aliphatic rings. The highest BCUT2D eigenvalue weighted by molar-refractivity contribution is 5.98. The lowest BCUT2D eigenvalue weighted by Gasteiger charge is -2.21. The number of aryl methyl sites for hydroxylation is 1.